The molecule has 1 fully saturated rings. The number of aromatic nitrogens is 2. The van der Waals surface area contributed by atoms with Gasteiger partial charge in [0.2, 0.25) is 0 Å². The van der Waals surface area contributed by atoms with E-state index in [4.69, 9.17) is 5.73 Å². The lowest BCUT2D eigenvalue weighted by atomic mass is 9.98. The van der Waals surface area contributed by atoms with Gasteiger partial charge >= 0.3 is 5.97 Å². The van der Waals surface area contributed by atoms with E-state index >= 15 is 0 Å². The van der Waals surface area contributed by atoms with E-state index in [-0.39, 0.29) is 30.7 Å². The summed E-state index contributed by atoms with van der Waals surface area (Å²) in [5.41, 5.74) is 5.38. The molecule has 3 N–H and O–H groups in total. The molecular formula is C14H19Cl2N3O2S. The number of aliphatic carboxylic acids is 1. The van der Waals surface area contributed by atoms with Gasteiger partial charge in [0.1, 0.15) is 16.7 Å². The molecule has 2 unspecified atom stereocenters. The summed E-state index contributed by atoms with van der Waals surface area (Å²) >= 11 is 1.60. The molecule has 122 valence electrons. The number of nitrogens with two attached hydrogens (primary N) is 1. The highest BCUT2D eigenvalue weighted by molar-refractivity contribution is 7.12. The van der Waals surface area contributed by atoms with Crippen molar-refractivity contribution < 1.29 is 9.90 Å². The van der Waals surface area contributed by atoms with Crippen molar-refractivity contribution in [1.29, 1.82) is 0 Å². The third-order valence-corrected chi connectivity index (χ3v) is 4.93. The Morgan fingerprint density at radius 1 is 1.55 bits per heavy atom. The molecule has 2 aromatic heterocycles. The van der Waals surface area contributed by atoms with Crippen molar-refractivity contribution in [2.45, 2.75) is 24.7 Å². The molecule has 3 rings (SSSR count). The molecule has 22 heavy (non-hydrogen) atoms. The maximum absolute atomic E-state index is 11.7. The molecule has 1 aliphatic carbocycles. The number of halogens is 2. The van der Waals surface area contributed by atoms with E-state index in [0.717, 1.165) is 17.8 Å². The van der Waals surface area contributed by atoms with Gasteiger partial charge in [-0.15, -0.1) is 36.2 Å². The molecule has 1 aliphatic rings. The Balaban J connectivity index is 0.00000121. The van der Waals surface area contributed by atoms with Crippen LogP contribution in [0.15, 0.2) is 30.0 Å². The topological polar surface area (TPSA) is 81.1 Å². The SMILES string of the molecule is Cl.Cl.NCCCC1CC1(C(=O)O)c1cn(-c2cccs2)cn1. The van der Waals surface area contributed by atoms with E-state index in [1.54, 1.807) is 17.7 Å². The summed E-state index contributed by atoms with van der Waals surface area (Å²) in [4.78, 5) is 16.0. The van der Waals surface area contributed by atoms with Crippen LogP contribution in [0.4, 0.5) is 0 Å². The lowest BCUT2D eigenvalue weighted by Crippen LogP contribution is -2.23. The van der Waals surface area contributed by atoms with Gasteiger partial charge in [0.25, 0.3) is 0 Å². The average Bonchev–Trinajstić information content (AvgIpc) is 2.87. The van der Waals surface area contributed by atoms with Crippen LogP contribution in [0.3, 0.4) is 0 Å². The van der Waals surface area contributed by atoms with Gasteiger partial charge in [0.15, 0.2) is 0 Å². The van der Waals surface area contributed by atoms with Gasteiger partial charge in [-0.1, -0.05) is 0 Å². The lowest BCUT2D eigenvalue weighted by molar-refractivity contribution is -0.140. The Bertz CT molecular complexity index is 617. The molecule has 0 aromatic carbocycles. The minimum absolute atomic E-state index is 0. The molecule has 2 atom stereocenters. The quantitative estimate of drug-likeness (QED) is 0.826. The summed E-state index contributed by atoms with van der Waals surface area (Å²) in [5, 5.41) is 12.6. The molecule has 0 aliphatic heterocycles. The molecule has 5 nitrogen and oxygen atoms in total. The summed E-state index contributed by atoms with van der Waals surface area (Å²) in [7, 11) is 0. The molecule has 8 heteroatoms. The van der Waals surface area contributed by atoms with Gasteiger partial charge in [-0.2, -0.15) is 0 Å². The van der Waals surface area contributed by atoms with Gasteiger partial charge in [-0.3, -0.25) is 9.36 Å². The van der Waals surface area contributed by atoms with E-state index in [1.807, 2.05) is 28.3 Å². The van der Waals surface area contributed by atoms with Crippen molar-refractivity contribution in [3.63, 3.8) is 0 Å². The van der Waals surface area contributed by atoms with Crippen molar-refractivity contribution in [1.82, 2.24) is 9.55 Å². The summed E-state index contributed by atoms with van der Waals surface area (Å²) in [6.45, 7) is 0.607. The normalized spacial score (nSPS) is 22.5. The largest absolute Gasteiger partial charge is 0.481 e. The fraction of sp³-hybridized carbons (Fsp3) is 0.429. The summed E-state index contributed by atoms with van der Waals surface area (Å²) < 4.78 is 1.89. The Kier molecular flexibility index (Phi) is 6.43. The van der Waals surface area contributed by atoms with Crippen LogP contribution in [0.2, 0.25) is 0 Å². The van der Waals surface area contributed by atoms with E-state index in [2.05, 4.69) is 4.98 Å². The average molecular weight is 364 g/mol. The van der Waals surface area contributed by atoms with E-state index in [1.165, 1.54) is 0 Å². The van der Waals surface area contributed by atoms with Crippen molar-refractivity contribution in [3.05, 3.63) is 35.7 Å². The predicted octanol–water partition coefficient (Wildman–Crippen LogP) is 2.86. The number of hydrogen-bond acceptors (Lipinski definition) is 4. The minimum atomic E-state index is -0.794. The maximum Gasteiger partial charge on any atom is 0.316 e. The highest BCUT2D eigenvalue weighted by Gasteiger charge is 2.62. The van der Waals surface area contributed by atoms with Crippen LogP contribution in [0.1, 0.15) is 25.0 Å². The molecular weight excluding hydrogens is 345 g/mol. The standard InChI is InChI=1S/C14H17N3O2S.2ClH/c15-5-1-3-10-7-14(10,13(18)19)11-8-17(9-16-11)12-4-2-6-20-12;;/h2,4,6,8-10H,1,3,5,7,15H2,(H,18,19);2*1H. The number of carbonyl (C=O) groups is 1. The zero-order valence-electron chi connectivity index (χ0n) is 11.8. The second-order valence-corrected chi connectivity index (χ2v) is 6.15. The first-order chi connectivity index (χ1) is 9.68. The smallest absolute Gasteiger partial charge is 0.316 e. The zero-order valence-corrected chi connectivity index (χ0v) is 14.3. The monoisotopic (exact) mass is 363 g/mol. The number of rotatable bonds is 6. The molecule has 0 amide bonds. The van der Waals surface area contributed by atoms with E-state index < -0.39 is 11.4 Å². The van der Waals surface area contributed by atoms with Crippen LogP contribution < -0.4 is 5.73 Å². The third-order valence-electron chi connectivity index (χ3n) is 4.04. The first-order valence-electron chi connectivity index (χ1n) is 6.70. The Morgan fingerprint density at radius 3 is 2.91 bits per heavy atom. The summed E-state index contributed by atoms with van der Waals surface area (Å²) in [5.74, 6) is -0.605. The summed E-state index contributed by atoms with van der Waals surface area (Å²) in [6.07, 6.45) is 5.94. The Hall–Kier alpha value is -1.08. The van der Waals surface area contributed by atoms with Crippen LogP contribution in [0, 0.1) is 5.92 Å². The first-order valence-corrected chi connectivity index (χ1v) is 7.58. The number of hydrogen-bond donors (Lipinski definition) is 2. The van der Waals surface area contributed by atoms with E-state index in [0.29, 0.717) is 18.7 Å². The van der Waals surface area contributed by atoms with Crippen molar-refractivity contribution in [2.24, 2.45) is 11.7 Å². The minimum Gasteiger partial charge on any atom is -0.481 e. The lowest BCUT2D eigenvalue weighted by Gasteiger charge is -2.09. The van der Waals surface area contributed by atoms with Gasteiger partial charge < -0.3 is 10.8 Å². The van der Waals surface area contributed by atoms with Crippen LogP contribution in [0.5, 0.6) is 0 Å². The number of thiophene rings is 1. The molecule has 1 saturated carbocycles. The molecule has 2 aromatic rings. The number of carboxylic acids is 1. The second-order valence-electron chi connectivity index (χ2n) is 5.23. The van der Waals surface area contributed by atoms with Crippen LogP contribution >= 0.6 is 36.2 Å². The van der Waals surface area contributed by atoms with Crippen molar-refractivity contribution in [3.8, 4) is 5.00 Å². The number of imidazole rings is 1. The fourth-order valence-electron chi connectivity index (χ4n) is 2.82. The van der Waals surface area contributed by atoms with E-state index in [9.17, 15) is 9.90 Å². The second kappa shape index (κ2) is 7.46. The van der Waals surface area contributed by atoms with Gasteiger partial charge in [-0.05, 0) is 49.2 Å². The molecule has 2 heterocycles. The molecule has 0 saturated heterocycles. The Morgan fingerprint density at radius 2 is 2.32 bits per heavy atom. The van der Waals surface area contributed by atoms with Crippen molar-refractivity contribution in [2.75, 3.05) is 6.54 Å². The summed E-state index contributed by atoms with van der Waals surface area (Å²) in [6, 6.07) is 3.95. The maximum atomic E-state index is 11.7. The van der Waals surface area contributed by atoms with Crippen LogP contribution in [-0.2, 0) is 10.2 Å². The van der Waals surface area contributed by atoms with Gasteiger partial charge in [0.05, 0.1) is 5.69 Å². The van der Waals surface area contributed by atoms with Gasteiger partial charge in [0, 0.05) is 6.20 Å². The predicted molar refractivity (Wildman–Crippen MR) is 91.6 cm³/mol. The molecule has 0 spiro atoms. The van der Waals surface area contributed by atoms with Crippen molar-refractivity contribution >= 4 is 42.1 Å². The van der Waals surface area contributed by atoms with Gasteiger partial charge in [-0.25, -0.2) is 4.98 Å². The highest BCUT2D eigenvalue weighted by Crippen LogP contribution is 2.56. The zero-order chi connectivity index (χ0) is 14.2. The fourth-order valence-corrected chi connectivity index (χ4v) is 3.49. The van der Waals surface area contributed by atoms with Crippen LogP contribution in [-0.4, -0.2) is 27.2 Å². The molecule has 0 radical (unpaired) electrons. The van der Waals surface area contributed by atoms with Crippen LogP contribution in [0.25, 0.3) is 5.00 Å². The number of carboxylic acid groups (broad SMARTS) is 1. The first kappa shape index (κ1) is 19.0. The number of nitrogens with zero attached hydrogens (tertiary/aromatic N) is 2. The third kappa shape index (κ3) is 3.15. The molecule has 0 bridgehead atoms. The highest BCUT2D eigenvalue weighted by atomic mass is 35.5. The Labute approximate surface area is 145 Å².